The number of aromatic amines is 1. The van der Waals surface area contributed by atoms with Crippen molar-refractivity contribution in [2.45, 2.75) is 25.3 Å². The van der Waals surface area contributed by atoms with Crippen LogP contribution in [0.1, 0.15) is 24.1 Å². The molecule has 0 fully saturated rings. The molecular formula is C21H15ClF2N5O2+. The lowest BCUT2D eigenvalue weighted by Gasteiger charge is -2.18. The van der Waals surface area contributed by atoms with Crippen LogP contribution in [0, 0.1) is 11.8 Å². The lowest BCUT2D eigenvalue weighted by molar-refractivity contribution is -0.460. The smallest absolute Gasteiger partial charge is 0.268 e. The number of amides is 2. The molecule has 0 aliphatic carbocycles. The van der Waals surface area contributed by atoms with Crippen molar-refractivity contribution in [1.82, 2.24) is 15.2 Å². The van der Waals surface area contributed by atoms with Gasteiger partial charge in [0.2, 0.25) is 5.95 Å². The van der Waals surface area contributed by atoms with E-state index in [4.69, 9.17) is 11.6 Å². The molecule has 0 spiro atoms. The monoisotopic (exact) mass is 442 g/mol. The summed E-state index contributed by atoms with van der Waals surface area (Å²) in [5.41, 5.74) is 1.83. The Kier molecular flexibility index (Phi) is 4.62. The summed E-state index contributed by atoms with van der Waals surface area (Å²) in [6, 6.07) is 6.10. The number of anilines is 1. The van der Waals surface area contributed by atoms with Crippen LogP contribution in [0.4, 0.5) is 19.3 Å². The number of aromatic nitrogens is 3. The minimum absolute atomic E-state index is 0.0607. The molecule has 4 heterocycles. The second-order valence-corrected chi connectivity index (χ2v) is 7.81. The number of fused-ring (bicyclic) bond motifs is 3. The second kappa shape index (κ2) is 7.35. The van der Waals surface area contributed by atoms with Crippen molar-refractivity contribution in [3.63, 3.8) is 0 Å². The lowest BCUT2D eigenvalue weighted by atomic mass is 10.0. The maximum atomic E-state index is 14.8. The first kappa shape index (κ1) is 19.5. The maximum Gasteiger partial charge on any atom is 0.496 e. The van der Waals surface area contributed by atoms with Crippen molar-refractivity contribution in [2.24, 2.45) is 0 Å². The van der Waals surface area contributed by atoms with Crippen molar-refractivity contribution < 1.29 is 18.2 Å². The largest absolute Gasteiger partial charge is 0.496 e. The standard InChI is InChI=1S/C21H14ClF2N5O2/c22-14-9-16(15(23)8-13(14)12-2-1-5-25-20(12)24)26-21(31)29-11-3-4-17(29)19-10(6-11)7-18(30)27-28-19/h1-2,5,7-9,11H,3-4,6H2,(H,26,31)/p+1/t11-/m0/s1. The highest BCUT2D eigenvalue weighted by Crippen LogP contribution is 2.34. The van der Waals surface area contributed by atoms with Crippen molar-refractivity contribution >= 4 is 29.0 Å². The quantitative estimate of drug-likeness (QED) is 0.469. The predicted octanol–water partition coefficient (Wildman–Crippen LogP) is 3.52. The van der Waals surface area contributed by atoms with Crippen molar-refractivity contribution in [3.05, 3.63) is 74.9 Å². The van der Waals surface area contributed by atoms with E-state index in [1.807, 2.05) is 0 Å². The van der Waals surface area contributed by atoms with Crippen LogP contribution in [0.25, 0.3) is 11.1 Å². The molecule has 0 unspecified atom stereocenters. The lowest BCUT2D eigenvalue weighted by Crippen LogP contribution is -2.40. The number of hydrogen-bond acceptors (Lipinski definition) is 4. The molecular weight excluding hydrogens is 428 g/mol. The van der Waals surface area contributed by atoms with E-state index in [1.165, 1.54) is 30.5 Å². The van der Waals surface area contributed by atoms with E-state index < -0.39 is 17.8 Å². The Morgan fingerprint density at radius 3 is 2.90 bits per heavy atom. The van der Waals surface area contributed by atoms with Gasteiger partial charge in [-0.15, -0.1) is 0 Å². The zero-order valence-corrected chi connectivity index (χ0v) is 16.7. The number of nitrogens with zero attached hydrogens (tertiary/aromatic N) is 3. The molecule has 10 heteroatoms. The van der Waals surface area contributed by atoms with Crippen LogP contribution in [0.15, 0.2) is 41.3 Å². The van der Waals surface area contributed by atoms with Crippen molar-refractivity contribution in [3.8, 4) is 11.1 Å². The Balaban J connectivity index is 1.48. The molecule has 5 rings (SSSR count). The van der Waals surface area contributed by atoms with Crippen LogP contribution < -0.4 is 10.9 Å². The summed E-state index contributed by atoms with van der Waals surface area (Å²) in [5, 5.41) is 9.11. The second-order valence-electron chi connectivity index (χ2n) is 7.40. The summed E-state index contributed by atoms with van der Waals surface area (Å²) >= 11 is 6.25. The van der Waals surface area contributed by atoms with Gasteiger partial charge in [-0.25, -0.2) is 19.8 Å². The van der Waals surface area contributed by atoms with Crippen LogP contribution in [0.5, 0.6) is 0 Å². The molecule has 0 saturated heterocycles. The summed E-state index contributed by atoms with van der Waals surface area (Å²) in [4.78, 5) is 28.1. The van der Waals surface area contributed by atoms with Gasteiger partial charge in [0.15, 0.2) is 11.5 Å². The number of hydrogen-bond donors (Lipinski definition) is 2. The Bertz CT molecular complexity index is 1340. The first-order chi connectivity index (χ1) is 14.9. The van der Waals surface area contributed by atoms with Gasteiger partial charge in [0.25, 0.3) is 5.56 Å². The van der Waals surface area contributed by atoms with Gasteiger partial charge in [-0.05, 0) is 30.2 Å². The molecule has 1 aromatic carbocycles. The number of carbonyl (C=O) groups excluding carboxylic acids is 1. The van der Waals surface area contributed by atoms with Crippen LogP contribution >= 0.6 is 11.6 Å². The zero-order chi connectivity index (χ0) is 21.7. The molecule has 2 aliphatic rings. The van der Waals surface area contributed by atoms with Crippen LogP contribution in [-0.4, -0.2) is 37.5 Å². The van der Waals surface area contributed by atoms with E-state index >= 15 is 0 Å². The summed E-state index contributed by atoms with van der Waals surface area (Å²) < 4.78 is 30.3. The first-order valence-corrected chi connectivity index (χ1v) is 9.95. The Labute approximate surface area is 179 Å². The minimum Gasteiger partial charge on any atom is -0.268 e. The Morgan fingerprint density at radius 2 is 2.10 bits per heavy atom. The Hall–Kier alpha value is -3.46. The van der Waals surface area contributed by atoms with Gasteiger partial charge in [0.05, 0.1) is 5.02 Å². The fraction of sp³-hybridized carbons (Fsp3) is 0.190. The van der Waals surface area contributed by atoms with E-state index in [0.717, 1.165) is 18.1 Å². The average Bonchev–Trinajstić information content (AvgIpc) is 3.06. The number of carbonyl (C=O) groups is 1. The number of halogens is 3. The molecule has 2 N–H and O–H groups in total. The minimum atomic E-state index is -0.772. The molecule has 2 amide bonds. The van der Waals surface area contributed by atoms with Crippen molar-refractivity contribution in [1.29, 1.82) is 0 Å². The molecule has 2 bridgehead atoms. The van der Waals surface area contributed by atoms with Gasteiger partial charge in [-0.3, -0.25) is 4.79 Å². The van der Waals surface area contributed by atoms with Gasteiger partial charge >= 0.3 is 6.03 Å². The third-order valence-electron chi connectivity index (χ3n) is 5.55. The molecule has 1 atom stereocenters. The molecule has 0 saturated carbocycles. The first-order valence-electron chi connectivity index (χ1n) is 9.57. The molecule has 2 aliphatic heterocycles. The SMILES string of the molecule is O=C(Nc1cc(Cl)c(-c2cccnc2F)cc1F)[N+]1=C2CC[C@H]1Cc1cc(=O)[nH]nc12. The highest BCUT2D eigenvalue weighted by Gasteiger charge is 2.42. The molecule has 2 aromatic heterocycles. The summed E-state index contributed by atoms with van der Waals surface area (Å²) in [7, 11) is 0. The predicted molar refractivity (Wildman–Crippen MR) is 110 cm³/mol. The van der Waals surface area contributed by atoms with Gasteiger partial charge < -0.3 is 0 Å². The van der Waals surface area contributed by atoms with Gasteiger partial charge in [0.1, 0.15) is 17.4 Å². The maximum absolute atomic E-state index is 14.8. The van der Waals surface area contributed by atoms with E-state index in [1.54, 1.807) is 4.58 Å². The van der Waals surface area contributed by atoms with Gasteiger partial charge in [-0.1, -0.05) is 11.6 Å². The van der Waals surface area contributed by atoms with E-state index in [0.29, 0.717) is 24.2 Å². The molecule has 7 nitrogen and oxygen atoms in total. The van der Waals surface area contributed by atoms with Gasteiger partial charge in [-0.2, -0.15) is 18.9 Å². The fourth-order valence-corrected chi connectivity index (χ4v) is 4.47. The Morgan fingerprint density at radius 1 is 1.26 bits per heavy atom. The third kappa shape index (κ3) is 3.31. The van der Waals surface area contributed by atoms with Crippen LogP contribution in [0.3, 0.4) is 0 Å². The van der Waals surface area contributed by atoms with E-state index in [9.17, 15) is 18.4 Å². The third-order valence-corrected chi connectivity index (χ3v) is 5.87. The zero-order valence-electron chi connectivity index (χ0n) is 16.0. The highest BCUT2D eigenvalue weighted by molar-refractivity contribution is 6.33. The number of rotatable bonds is 2. The molecule has 31 heavy (non-hydrogen) atoms. The number of nitrogens with one attached hydrogen (secondary N) is 2. The summed E-state index contributed by atoms with van der Waals surface area (Å²) in [6.07, 6.45) is 3.11. The van der Waals surface area contributed by atoms with Crippen LogP contribution in [0.2, 0.25) is 5.02 Å². The number of benzene rings is 1. The average molecular weight is 443 g/mol. The highest BCUT2D eigenvalue weighted by atomic mass is 35.5. The molecule has 0 radical (unpaired) electrons. The topological polar surface area (TPSA) is 90.8 Å². The molecule has 3 aromatic rings. The molecule has 156 valence electrons. The van der Waals surface area contributed by atoms with Gasteiger partial charge in [0, 0.05) is 42.3 Å². The summed E-state index contributed by atoms with van der Waals surface area (Å²) in [6.45, 7) is 0. The van der Waals surface area contributed by atoms with E-state index in [-0.39, 0.29) is 33.4 Å². The summed E-state index contributed by atoms with van der Waals surface area (Å²) in [5.74, 6) is -1.53. The number of H-pyrrole nitrogens is 1. The van der Waals surface area contributed by atoms with Crippen molar-refractivity contribution in [2.75, 3.05) is 5.32 Å². The number of urea groups is 1. The fourth-order valence-electron chi connectivity index (χ4n) is 4.20. The van der Waals surface area contributed by atoms with E-state index in [2.05, 4.69) is 20.5 Å². The normalized spacial score (nSPS) is 16.9. The number of pyridine rings is 1. The van der Waals surface area contributed by atoms with Crippen LogP contribution in [-0.2, 0) is 6.42 Å².